The van der Waals surface area contributed by atoms with Gasteiger partial charge in [0.2, 0.25) is 0 Å². The summed E-state index contributed by atoms with van der Waals surface area (Å²) in [5.41, 5.74) is 1.23. The second kappa shape index (κ2) is 7.70. The van der Waals surface area contributed by atoms with E-state index in [0.717, 1.165) is 24.6 Å². The summed E-state index contributed by atoms with van der Waals surface area (Å²) < 4.78 is 5.69. The van der Waals surface area contributed by atoms with Gasteiger partial charge in [0, 0.05) is 11.6 Å². The van der Waals surface area contributed by atoms with Gasteiger partial charge in [-0.1, -0.05) is 30.7 Å². The smallest absolute Gasteiger partial charge is 0.0741 e. The standard InChI is InChI=1S/C14H22ClNO/c1-4-10-16-14(11(3)17-5-2)12-6-8-13(15)9-7-12/h6-9,11,14,16H,4-5,10H2,1-3H3. The van der Waals surface area contributed by atoms with E-state index in [2.05, 4.69) is 31.3 Å². The van der Waals surface area contributed by atoms with Crippen LogP contribution in [0.25, 0.3) is 0 Å². The summed E-state index contributed by atoms with van der Waals surface area (Å²) in [5, 5.41) is 4.29. The Kier molecular flexibility index (Phi) is 6.56. The van der Waals surface area contributed by atoms with Crippen LogP contribution in [0, 0.1) is 0 Å². The van der Waals surface area contributed by atoms with Gasteiger partial charge >= 0.3 is 0 Å². The van der Waals surface area contributed by atoms with Crippen LogP contribution in [0.2, 0.25) is 5.02 Å². The third-order valence-electron chi connectivity index (χ3n) is 2.74. The van der Waals surface area contributed by atoms with Crippen molar-refractivity contribution < 1.29 is 4.74 Å². The highest BCUT2D eigenvalue weighted by Gasteiger charge is 2.18. The average molecular weight is 256 g/mol. The molecule has 0 bridgehead atoms. The van der Waals surface area contributed by atoms with Crippen molar-refractivity contribution in [2.75, 3.05) is 13.2 Å². The molecule has 2 unspecified atom stereocenters. The lowest BCUT2D eigenvalue weighted by Gasteiger charge is -2.25. The Morgan fingerprint density at radius 3 is 2.41 bits per heavy atom. The van der Waals surface area contributed by atoms with Gasteiger partial charge in [0.1, 0.15) is 0 Å². The van der Waals surface area contributed by atoms with Crippen molar-refractivity contribution in [2.24, 2.45) is 0 Å². The Hall–Kier alpha value is -0.570. The molecule has 17 heavy (non-hydrogen) atoms. The molecule has 0 spiro atoms. The van der Waals surface area contributed by atoms with Crippen LogP contribution >= 0.6 is 11.6 Å². The van der Waals surface area contributed by atoms with Gasteiger partial charge in [-0.05, 0) is 44.5 Å². The largest absolute Gasteiger partial charge is 0.377 e. The lowest BCUT2D eigenvalue weighted by molar-refractivity contribution is 0.0472. The highest BCUT2D eigenvalue weighted by Crippen LogP contribution is 2.21. The fourth-order valence-electron chi connectivity index (χ4n) is 1.88. The first-order chi connectivity index (χ1) is 8.19. The van der Waals surface area contributed by atoms with Crippen LogP contribution in [0.3, 0.4) is 0 Å². The second-order valence-electron chi connectivity index (χ2n) is 4.14. The molecule has 0 amide bonds. The van der Waals surface area contributed by atoms with Crippen molar-refractivity contribution in [3.05, 3.63) is 34.9 Å². The summed E-state index contributed by atoms with van der Waals surface area (Å²) in [7, 11) is 0. The molecule has 1 aromatic carbocycles. The normalized spacial score (nSPS) is 14.6. The minimum atomic E-state index is 0.160. The molecule has 2 atom stereocenters. The molecule has 0 saturated carbocycles. The SMILES string of the molecule is CCCNC(c1ccc(Cl)cc1)C(C)OCC. The topological polar surface area (TPSA) is 21.3 Å². The van der Waals surface area contributed by atoms with Crippen LogP contribution < -0.4 is 5.32 Å². The van der Waals surface area contributed by atoms with Gasteiger partial charge in [0.05, 0.1) is 12.1 Å². The zero-order valence-electron chi connectivity index (χ0n) is 10.9. The summed E-state index contributed by atoms with van der Waals surface area (Å²) in [5.74, 6) is 0. The predicted octanol–water partition coefficient (Wildman–Crippen LogP) is 3.81. The van der Waals surface area contributed by atoms with E-state index in [1.807, 2.05) is 19.1 Å². The molecule has 1 rings (SSSR count). The molecule has 2 nitrogen and oxygen atoms in total. The third-order valence-corrected chi connectivity index (χ3v) is 2.99. The van der Waals surface area contributed by atoms with Crippen molar-refractivity contribution in [1.82, 2.24) is 5.32 Å². The molecule has 96 valence electrons. The fourth-order valence-corrected chi connectivity index (χ4v) is 2.01. The minimum Gasteiger partial charge on any atom is -0.377 e. The highest BCUT2D eigenvalue weighted by molar-refractivity contribution is 6.30. The first kappa shape index (κ1) is 14.5. The van der Waals surface area contributed by atoms with Gasteiger partial charge in [-0.3, -0.25) is 0 Å². The number of halogens is 1. The van der Waals surface area contributed by atoms with Gasteiger partial charge < -0.3 is 10.1 Å². The summed E-state index contributed by atoms with van der Waals surface area (Å²) in [4.78, 5) is 0. The highest BCUT2D eigenvalue weighted by atomic mass is 35.5. The molecule has 0 heterocycles. The Labute approximate surface area is 109 Å². The number of rotatable bonds is 7. The molecule has 0 aliphatic rings. The predicted molar refractivity (Wildman–Crippen MR) is 73.6 cm³/mol. The maximum Gasteiger partial charge on any atom is 0.0741 e. The maximum absolute atomic E-state index is 5.91. The Balaban J connectivity index is 2.77. The van der Waals surface area contributed by atoms with Gasteiger partial charge in [-0.15, -0.1) is 0 Å². The van der Waals surface area contributed by atoms with Gasteiger partial charge in [0.25, 0.3) is 0 Å². The van der Waals surface area contributed by atoms with E-state index in [1.165, 1.54) is 5.56 Å². The van der Waals surface area contributed by atoms with Crippen molar-refractivity contribution >= 4 is 11.6 Å². The van der Waals surface area contributed by atoms with Gasteiger partial charge in [0.15, 0.2) is 0 Å². The molecule has 0 fully saturated rings. The third kappa shape index (κ3) is 4.66. The Bertz CT molecular complexity index is 313. The van der Waals surface area contributed by atoms with Crippen molar-refractivity contribution in [2.45, 2.75) is 39.3 Å². The van der Waals surface area contributed by atoms with Crippen LogP contribution in [0.1, 0.15) is 38.8 Å². The summed E-state index contributed by atoms with van der Waals surface area (Å²) in [6.07, 6.45) is 1.27. The molecule has 0 radical (unpaired) electrons. The second-order valence-corrected chi connectivity index (χ2v) is 4.58. The molecule has 0 aromatic heterocycles. The van der Waals surface area contributed by atoms with Gasteiger partial charge in [-0.25, -0.2) is 0 Å². The van der Waals surface area contributed by atoms with E-state index >= 15 is 0 Å². The summed E-state index contributed by atoms with van der Waals surface area (Å²) in [6, 6.07) is 8.20. The van der Waals surface area contributed by atoms with E-state index in [-0.39, 0.29) is 12.1 Å². The molecule has 1 N–H and O–H groups in total. The van der Waals surface area contributed by atoms with E-state index in [4.69, 9.17) is 16.3 Å². The number of hydrogen-bond donors (Lipinski definition) is 1. The number of hydrogen-bond acceptors (Lipinski definition) is 2. The minimum absolute atomic E-state index is 0.160. The quantitative estimate of drug-likeness (QED) is 0.800. The van der Waals surface area contributed by atoms with Gasteiger partial charge in [-0.2, -0.15) is 0 Å². The van der Waals surface area contributed by atoms with E-state index in [0.29, 0.717) is 0 Å². The van der Waals surface area contributed by atoms with Crippen molar-refractivity contribution in [1.29, 1.82) is 0 Å². The Morgan fingerprint density at radius 1 is 1.24 bits per heavy atom. The van der Waals surface area contributed by atoms with E-state index in [9.17, 15) is 0 Å². The van der Waals surface area contributed by atoms with E-state index in [1.54, 1.807) is 0 Å². The van der Waals surface area contributed by atoms with Crippen molar-refractivity contribution in [3.63, 3.8) is 0 Å². The monoisotopic (exact) mass is 255 g/mol. The maximum atomic E-state index is 5.91. The van der Waals surface area contributed by atoms with Crippen LogP contribution in [0.5, 0.6) is 0 Å². The van der Waals surface area contributed by atoms with Crippen LogP contribution in [-0.4, -0.2) is 19.3 Å². The number of ether oxygens (including phenoxy) is 1. The van der Waals surface area contributed by atoms with E-state index < -0.39 is 0 Å². The van der Waals surface area contributed by atoms with Crippen molar-refractivity contribution in [3.8, 4) is 0 Å². The summed E-state index contributed by atoms with van der Waals surface area (Å²) in [6.45, 7) is 8.02. The number of benzene rings is 1. The lowest BCUT2D eigenvalue weighted by atomic mass is 10.0. The molecule has 0 saturated heterocycles. The molecular weight excluding hydrogens is 234 g/mol. The van der Waals surface area contributed by atoms with Crippen LogP contribution in [0.4, 0.5) is 0 Å². The van der Waals surface area contributed by atoms with Crippen LogP contribution in [0.15, 0.2) is 24.3 Å². The molecular formula is C14H22ClNO. The lowest BCUT2D eigenvalue weighted by Crippen LogP contribution is -2.32. The molecule has 0 aliphatic carbocycles. The number of nitrogens with one attached hydrogen (secondary N) is 1. The zero-order valence-corrected chi connectivity index (χ0v) is 11.6. The molecule has 3 heteroatoms. The Morgan fingerprint density at radius 2 is 1.88 bits per heavy atom. The average Bonchev–Trinajstić information content (AvgIpc) is 2.32. The molecule has 1 aromatic rings. The fraction of sp³-hybridized carbons (Fsp3) is 0.571. The first-order valence-corrected chi connectivity index (χ1v) is 6.67. The first-order valence-electron chi connectivity index (χ1n) is 6.29. The molecule has 0 aliphatic heterocycles. The zero-order chi connectivity index (χ0) is 12.7. The summed E-state index contributed by atoms with van der Waals surface area (Å²) >= 11 is 5.91. The van der Waals surface area contributed by atoms with Crippen LogP contribution in [-0.2, 0) is 4.74 Å².